The average molecular weight is 266 g/mol. The lowest BCUT2D eigenvalue weighted by molar-refractivity contribution is -0.137. The second kappa shape index (κ2) is 6.17. The number of hydrogen-bond acceptors (Lipinski definition) is 4. The van der Waals surface area contributed by atoms with Crippen LogP contribution in [0.5, 0.6) is 0 Å². The van der Waals surface area contributed by atoms with Crippen LogP contribution in [-0.4, -0.2) is 27.8 Å². The first-order valence-corrected chi connectivity index (χ1v) is 5.89. The highest BCUT2D eigenvalue weighted by molar-refractivity contribution is 5.72. The van der Waals surface area contributed by atoms with Crippen molar-refractivity contribution < 1.29 is 19.4 Å². The van der Waals surface area contributed by atoms with Crippen LogP contribution < -0.4 is 5.32 Å². The molecule has 0 aliphatic carbocycles. The van der Waals surface area contributed by atoms with Gasteiger partial charge in [0, 0.05) is 12.4 Å². The largest absolute Gasteiger partial charge is 0.481 e. The van der Waals surface area contributed by atoms with Gasteiger partial charge in [0.25, 0.3) is 0 Å². The molecule has 2 N–H and O–H groups in total. The van der Waals surface area contributed by atoms with Crippen LogP contribution in [-0.2, 0) is 9.53 Å². The number of carbonyl (C=O) groups is 2. The zero-order valence-corrected chi connectivity index (χ0v) is 11.2. The Morgan fingerprint density at radius 3 is 2.63 bits per heavy atom. The van der Waals surface area contributed by atoms with E-state index in [0.29, 0.717) is 5.56 Å². The molecule has 0 bridgehead atoms. The maximum absolute atomic E-state index is 11.7. The number of alkyl carbamates (subject to hydrolysis) is 1. The molecule has 0 aromatic carbocycles. The van der Waals surface area contributed by atoms with Crippen molar-refractivity contribution in [3.63, 3.8) is 0 Å². The zero-order chi connectivity index (χ0) is 14.5. The van der Waals surface area contributed by atoms with Gasteiger partial charge in [-0.05, 0) is 32.4 Å². The standard InChI is InChI=1S/C13H18N2O4/c1-13(2,3)19-12(18)15-10(7-11(16)17)9-5-4-6-14-8-9/h4-6,8,10H,7H2,1-3H3,(H,15,18)(H,16,17)/t10-/m0/s1. The molecule has 1 rings (SSSR count). The summed E-state index contributed by atoms with van der Waals surface area (Å²) < 4.78 is 5.11. The fourth-order valence-corrected chi connectivity index (χ4v) is 1.46. The van der Waals surface area contributed by atoms with Gasteiger partial charge in [-0.3, -0.25) is 9.78 Å². The lowest BCUT2D eigenvalue weighted by Crippen LogP contribution is -2.35. The lowest BCUT2D eigenvalue weighted by atomic mass is 10.1. The molecule has 0 unspecified atom stereocenters. The van der Waals surface area contributed by atoms with Gasteiger partial charge in [0.05, 0.1) is 12.5 Å². The van der Waals surface area contributed by atoms with E-state index >= 15 is 0 Å². The van der Waals surface area contributed by atoms with Crippen LogP contribution in [0.4, 0.5) is 4.79 Å². The molecule has 0 saturated carbocycles. The molecule has 1 atom stereocenters. The molecular weight excluding hydrogens is 248 g/mol. The van der Waals surface area contributed by atoms with Crippen molar-refractivity contribution in [1.29, 1.82) is 0 Å². The average Bonchev–Trinajstić information content (AvgIpc) is 2.26. The van der Waals surface area contributed by atoms with Crippen LogP contribution in [0.1, 0.15) is 38.8 Å². The number of rotatable bonds is 4. The number of ether oxygens (including phenoxy) is 1. The SMILES string of the molecule is CC(C)(C)OC(=O)N[C@@H](CC(=O)O)c1cccnc1. The summed E-state index contributed by atoms with van der Waals surface area (Å²) in [6.45, 7) is 5.22. The molecule has 6 heteroatoms. The summed E-state index contributed by atoms with van der Waals surface area (Å²) in [5.74, 6) is -1.01. The smallest absolute Gasteiger partial charge is 0.408 e. The van der Waals surface area contributed by atoms with Gasteiger partial charge < -0.3 is 15.2 Å². The third kappa shape index (κ3) is 5.85. The highest BCUT2D eigenvalue weighted by Gasteiger charge is 2.22. The van der Waals surface area contributed by atoms with Crippen LogP contribution >= 0.6 is 0 Å². The van der Waals surface area contributed by atoms with Crippen molar-refractivity contribution in [2.24, 2.45) is 0 Å². The number of carboxylic acid groups (broad SMARTS) is 1. The van der Waals surface area contributed by atoms with Crippen molar-refractivity contribution in [3.05, 3.63) is 30.1 Å². The molecule has 1 aromatic heterocycles. The van der Waals surface area contributed by atoms with E-state index in [2.05, 4.69) is 10.3 Å². The Labute approximate surface area is 111 Å². The van der Waals surface area contributed by atoms with Gasteiger partial charge >= 0.3 is 12.1 Å². The minimum atomic E-state index is -1.01. The van der Waals surface area contributed by atoms with Gasteiger partial charge in [-0.15, -0.1) is 0 Å². The molecule has 1 aromatic rings. The molecule has 0 aliphatic rings. The number of pyridine rings is 1. The first-order chi connectivity index (χ1) is 8.78. The molecule has 0 fully saturated rings. The number of hydrogen-bond donors (Lipinski definition) is 2. The van der Waals surface area contributed by atoms with Crippen LogP contribution in [0.2, 0.25) is 0 Å². The number of aliphatic carboxylic acids is 1. The van der Waals surface area contributed by atoms with Crippen LogP contribution in [0, 0.1) is 0 Å². The molecule has 0 saturated heterocycles. The van der Waals surface area contributed by atoms with Gasteiger partial charge in [0.1, 0.15) is 5.60 Å². The van der Waals surface area contributed by atoms with Gasteiger partial charge in [-0.25, -0.2) is 4.79 Å². The third-order valence-corrected chi connectivity index (χ3v) is 2.16. The Balaban J connectivity index is 2.76. The van der Waals surface area contributed by atoms with E-state index in [4.69, 9.17) is 9.84 Å². The molecule has 1 amide bonds. The van der Waals surface area contributed by atoms with E-state index in [1.165, 1.54) is 6.20 Å². The van der Waals surface area contributed by atoms with Crippen molar-refractivity contribution in [2.45, 2.75) is 38.8 Å². The highest BCUT2D eigenvalue weighted by atomic mass is 16.6. The van der Waals surface area contributed by atoms with Crippen molar-refractivity contribution in [3.8, 4) is 0 Å². The number of carbonyl (C=O) groups excluding carboxylic acids is 1. The summed E-state index contributed by atoms with van der Waals surface area (Å²) >= 11 is 0. The van der Waals surface area contributed by atoms with Crippen LogP contribution in [0.3, 0.4) is 0 Å². The number of nitrogens with one attached hydrogen (secondary N) is 1. The lowest BCUT2D eigenvalue weighted by Gasteiger charge is -2.23. The molecular formula is C13H18N2O4. The second-order valence-electron chi connectivity index (χ2n) is 5.08. The number of carboxylic acids is 1. The molecule has 0 aliphatic heterocycles. The maximum atomic E-state index is 11.7. The second-order valence-corrected chi connectivity index (χ2v) is 5.08. The van der Waals surface area contributed by atoms with E-state index in [1.54, 1.807) is 39.1 Å². The number of aromatic nitrogens is 1. The number of amides is 1. The Kier molecular flexibility index (Phi) is 4.86. The molecule has 1 heterocycles. The molecule has 0 radical (unpaired) electrons. The molecule has 19 heavy (non-hydrogen) atoms. The maximum Gasteiger partial charge on any atom is 0.408 e. The van der Waals surface area contributed by atoms with E-state index in [1.807, 2.05) is 0 Å². The fourth-order valence-electron chi connectivity index (χ4n) is 1.46. The van der Waals surface area contributed by atoms with E-state index in [-0.39, 0.29) is 6.42 Å². The predicted octanol–water partition coefficient (Wildman–Crippen LogP) is 2.12. The Hall–Kier alpha value is -2.11. The first kappa shape index (κ1) is 14.9. The normalized spacial score (nSPS) is 12.6. The predicted molar refractivity (Wildman–Crippen MR) is 68.6 cm³/mol. The summed E-state index contributed by atoms with van der Waals surface area (Å²) in [4.78, 5) is 26.4. The molecule has 0 spiro atoms. The Bertz CT molecular complexity index is 440. The topological polar surface area (TPSA) is 88.5 Å². The van der Waals surface area contributed by atoms with Crippen molar-refractivity contribution in [1.82, 2.24) is 10.3 Å². The Morgan fingerprint density at radius 2 is 2.16 bits per heavy atom. The summed E-state index contributed by atoms with van der Waals surface area (Å²) in [5.41, 5.74) is -0.0111. The number of nitrogens with zero attached hydrogens (tertiary/aromatic N) is 1. The first-order valence-electron chi connectivity index (χ1n) is 5.89. The summed E-state index contributed by atoms with van der Waals surface area (Å²) in [6, 6.07) is 2.72. The minimum absolute atomic E-state index is 0.231. The fraction of sp³-hybridized carbons (Fsp3) is 0.462. The monoisotopic (exact) mass is 266 g/mol. The molecule has 104 valence electrons. The van der Waals surface area contributed by atoms with Crippen molar-refractivity contribution >= 4 is 12.1 Å². The quantitative estimate of drug-likeness (QED) is 0.871. The van der Waals surface area contributed by atoms with Gasteiger partial charge in [0.15, 0.2) is 0 Å². The van der Waals surface area contributed by atoms with Crippen LogP contribution in [0.25, 0.3) is 0 Å². The summed E-state index contributed by atoms with van der Waals surface area (Å²) in [5, 5.41) is 11.4. The molecule has 6 nitrogen and oxygen atoms in total. The summed E-state index contributed by atoms with van der Waals surface area (Å²) in [6.07, 6.45) is 2.22. The minimum Gasteiger partial charge on any atom is -0.481 e. The third-order valence-electron chi connectivity index (χ3n) is 2.16. The van der Waals surface area contributed by atoms with E-state index < -0.39 is 23.7 Å². The van der Waals surface area contributed by atoms with Gasteiger partial charge in [-0.2, -0.15) is 0 Å². The zero-order valence-electron chi connectivity index (χ0n) is 11.2. The van der Waals surface area contributed by atoms with E-state index in [9.17, 15) is 9.59 Å². The Morgan fingerprint density at radius 1 is 1.47 bits per heavy atom. The van der Waals surface area contributed by atoms with Crippen LogP contribution in [0.15, 0.2) is 24.5 Å². The van der Waals surface area contributed by atoms with Gasteiger partial charge in [-0.1, -0.05) is 6.07 Å². The van der Waals surface area contributed by atoms with E-state index in [0.717, 1.165) is 0 Å². The highest BCUT2D eigenvalue weighted by Crippen LogP contribution is 2.17. The van der Waals surface area contributed by atoms with Crippen molar-refractivity contribution in [2.75, 3.05) is 0 Å². The summed E-state index contributed by atoms with van der Waals surface area (Å²) in [7, 11) is 0. The van der Waals surface area contributed by atoms with Gasteiger partial charge in [0.2, 0.25) is 0 Å².